The van der Waals surface area contributed by atoms with Crippen molar-refractivity contribution in [3.8, 4) is 0 Å². The van der Waals surface area contributed by atoms with Crippen LogP contribution in [0.4, 0.5) is 13.2 Å². The van der Waals surface area contributed by atoms with E-state index < -0.39 is 11.7 Å². The van der Waals surface area contributed by atoms with Crippen LogP contribution in [0, 0.1) is 5.92 Å². The van der Waals surface area contributed by atoms with Gasteiger partial charge in [0.1, 0.15) is 0 Å². The van der Waals surface area contributed by atoms with E-state index in [9.17, 15) is 13.2 Å². The third kappa shape index (κ3) is 7.38. The molecule has 0 saturated carbocycles. The molecular formula is C19H28F3N3O2. The van der Waals surface area contributed by atoms with Crippen LogP contribution in [0.2, 0.25) is 0 Å². The van der Waals surface area contributed by atoms with Crippen molar-refractivity contribution in [1.29, 1.82) is 0 Å². The standard InChI is InChI=1S/C19H28F3N3O2/c1-14(16-5-3-6-17(11-16)19(20,21)22)25-18(23-2)24-8-4-9-26-12-15-7-10-27-13-15/h3,5-6,11,14-15H,4,7-10,12-13H2,1-2H3,(H2,23,24,25). The fourth-order valence-corrected chi connectivity index (χ4v) is 2.81. The van der Waals surface area contributed by atoms with E-state index in [1.165, 1.54) is 6.07 Å². The first-order valence-electron chi connectivity index (χ1n) is 9.20. The number of nitrogens with one attached hydrogen (secondary N) is 2. The quantitative estimate of drug-likeness (QED) is 0.408. The average Bonchev–Trinajstić information content (AvgIpc) is 3.16. The highest BCUT2D eigenvalue weighted by Gasteiger charge is 2.30. The topological polar surface area (TPSA) is 54.9 Å². The Labute approximate surface area is 158 Å². The number of aliphatic imine (C=N–C) groups is 1. The number of benzene rings is 1. The molecule has 5 nitrogen and oxygen atoms in total. The lowest BCUT2D eigenvalue weighted by molar-refractivity contribution is -0.137. The summed E-state index contributed by atoms with van der Waals surface area (Å²) in [7, 11) is 1.63. The van der Waals surface area contributed by atoms with Gasteiger partial charge in [0.05, 0.1) is 24.8 Å². The zero-order valence-corrected chi connectivity index (χ0v) is 15.8. The van der Waals surface area contributed by atoms with Crippen molar-refractivity contribution >= 4 is 5.96 Å². The summed E-state index contributed by atoms with van der Waals surface area (Å²) in [6.07, 6.45) is -2.48. The second-order valence-electron chi connectivity index (χ2n) is 6.65. The van der Waals surface area contributed by atoms with Gasteiger partial charge in [0.2, 0.25) is 0 Å². The number of alkyl halides is 3. The van der Waals surface area contributed by atoms with E-state index in [2.05, 4.69) is 15.6 Å². The highest BCUT2D eigenvalue weighted by Crippen LogP contribution is 2.30. The molecule has 2 rings (SSSR count). The molecule has 2 unspecified atom stereocenters. The van der Waals surface area contributed by atoms with Crippen molar-refractivity contribution in [2.45, 2.75) is 32.0 Å². The second-order valence-corrected chi connectivity index (χ2v) is 6.65. The molecule has 0 amide bonds. The molecule has 8 heteroatoms. The maximum atomic E-state index is 12.9. The summed E-state index contributed by atoms with van der Waals surface area (Å²) in [6, 6.07) is 5.00. The van der Waals surface area contributed by atoms with E-state index in [1.807, 2.05) is 0 Å². The van der Waals surface area contributed by atoms with Gasteiger partial charge in [0.15, 0.2) is 5.96 Å². The van der Waals surface area contributed by atoms with Gasteiger partial charge in [-0.3, -0.25) is 4.99 Å². The first-order valence-corrected chi connectivity index (χ1v) is 9.20. The van der Waals surface area contributed by atoms with E-state index in [0.717, 1.165) is 44.8 Å². The van der Waals surface area contributed by atoms with Gasteiger partial charge in [-0.25, -0.2) is 0 Å². The Kier molecular flexibility index (Phi) is 8.37. The Morgan fingerprint density at radius 3 is 2.89 bits per heavy atom. The molecule has 1 heterocycles. The van der Waals surface area contributed by atoms with Gasteiger partial charge in [-0.05, 0) is 37.5 Å². The van der Waals surface area contributed by atoms with Crippen LogP contribution in [0.3, 0.4) is 0 Å². The molecule has 1 aromatic rings. The van der Waals surface area contributed by atoms with Gasteiger partial charge in [-0.1, -0.05) is 12.1 Å². The van der Waals surface area contributed by atoms with Crippen LogP contribution in [0.1, 0.15) is 36.9 Å². The normalized spacial score (nSPS) is 19.1. The molecule has 2 N–H and O–H groups in total. The van der Waals surface area contributed by atoms with Gasteiger partial charge in [-0.2, -0.15) is 13.2 Å². The van der Waals surface area contributed by atoms with Crippen LogP contribution < -0.4 is 10.6 Å². The van der Waals surface area contributed by atoms with E-state index in [0.29, 0.717) is 30.6 Å². The monoisotopic (exact) mass is 387 g/mol. The number of hydrogen-bond donors (Lipinski definition) is 2. The lowest BCUT2D eigenvalue weighted by Crippen LogP contribution is -2.39. The van der Waals surface area contributed by atoms with E-state index in [-0.39, 0.29) is 6.04 Å². The zero-order valence-electron chi connectivity index (χ0n) is 15.8. The molecule has 0 spiro atoms. The van der Waals surface area contributed by atoms with E-state index >= 15 is 0 Å². The molecule has 1 saturated heterocycles. The average molecular weight is 387 g/mol. The van der Waals surface area contributed by atoms with Crippen LogP contribution in [0.25, 0.3) is 0 Å². The van der Waals surface area contributed by atoms with Crippen molar-refractivity contribution in [1.82, 2.24) is 10.6 Å². The van der Waals surface area contributed by atoms with Crippen molar-refractivity contribution in [3.63, 3.8) is 0 Å². The van der Waals surface area contributed by atoms with E-state index in [4.69, 9.17) is 9.47 Å². The number of halogens is 3. The molecule has 0 aliphatic carbocycles. The predicted octanol–water partition coefficient (Wildman–Crippen LogP) is 3.37. The van der Waals surface area contributed by atoms with Gasteiger partial charge < -0.3 is 20.1 Å². The van der Waals surface area contributed by atoms with Crippen LogP contribution in [0.15, 0.2) is 29.3 Å². The molecule has 1 fully saturated rings. The molecule has 1 aliphatic rings. The van der Waals surface area contributed by atoms with Crippen LogP contribution >= 0.6 is 0 Å². The van der Waals surface area contributed by atoms with Crippen LogP contribution in [-0.4, -0.2) is 46.0 Å². The van der Waals surface area contributed by atoms with Crippen LogP contribution in [0.5, 0.6) is 0 Å². The van der Waals surface area contributed by atoms with Gasteiger partial charge >= 0.3 is 6.18 Å². The molecule has 2 atom stereocenters. The number of ether oxygens (including phenoxy) is 2. The minimum atomic E-state index is -4.35. The first kappa shape index (κ1) is 21.5. The summed E-state index contributed by atoms with van der Waals surface area (Å²) >= 11 is 0. The molecule has 152 valence electrons. The second kappa shape index (κ2) is 10.5. The molecule has 0 radical (unpaired) electrons. The third-order valence-corrected chi connectivity index (χ3v) is 4.43. The Balaban J connectivity index is 1.71. The predicted molar refractivity (Wildman–Crippen MR) is 98.7 cm³/mol. The number of hydrogen-bond acceptors (Lipinski definition) is 3. The summed E-state index contributed by atoms with van der Waals surface area (Å²) < 4.78 is 49.5. The number of guanidine groups is 1. The van der Waals surface area contributed by atoms with Crippen molar-refractivity contribution in [2.75, 3.05) is 40.0 Å². The van der Waals surface area contributed by atoms with Crippen molar-refractivity contribution in [2.24, 2.45) is 10.9 Å². The Morgan fingerprint density at radius 1 is 1.41 bits per heavy atom. The van der Waals surface area contributed by atoms with Gasteiger partial charge in [-0.15, -0.1) is 0 Å². The summed E-state index contributed by atoms with van der Waals surface area (Å²) in [5.41, 5.74) is -0.101. The maximum Gasteiger partial charge on any atom is 0.416 e. The lowest BCUT2D eigenvalue weighted by Gasteiger charge is -2.19. The highest BCUT2D eigenvalue weighted by molar-refractivity contribution is 5.80. The zero-order chi connectivity index (χ0) is 19.7. The minimum absolute atomic E-state index is 0.308. The van der Waals surface area contributed by atoms with Gasteiger partial charge in [0, 0.05) is 32.7 Å². The van der Waals surface area contributed by atoms with Crippen LogP contribution in [-0.2, 0) is 15.7 Å². The molecule has 0 aromatic heterocycles. The Hall–Kier alpha value is -1.80. The SMILES string of the molecule is CN=C(NCCCOCC1CCOC1)NC(C)c1cccc(C(F)(F)F)c1. The number of rotatable bonds is 8. The number of nitrogens with zero attached hydrogens (tertiary/aromatic N) is 1. The first-order chi connectivity index (χ1) is 12.9. The maximum absolute atomic E-state index is 12.9. The molecule has 1 aliphatic heterocycles. The van der Waals surface area contributed by atoms with E-state index in [1.54, 1.807) is 20.0 Å². The van der Waals surface area contributed by atoms with Gasteiger partial charge in [0.25, 0.3) is 0 Å². The smallest absolute Gasteiger partial charge is 0.381 e. The Morgan fingerprint density at radius 2 is 2.22 bits per heavy atom. The summed E-state index contributed by atoms with van der Waals surface area (Å²) in [5, 5.41) is 6.27. The molecular weight excluding hydrogens is 359 g/mol. The molecule has 1 aromatic carbocycles. The summed E-state index contributed by atoms with van der Waals surface area (Å²) in [6.45, 7) is 5.43. The fraction of sp³-hybridized carbons (Fsp3) is 0.632. The molecule has 27 heavy (non-hydrogen) atoms. The lowest BCUT2D eigenvalue weighted by atomic mass is 10.1. The summed E-state index contributed by atoms with van der Waals surface area (Å²) in [5.74, 6) is 1.05. The highest BCUT2D eigenvalue weighted by atomic mass is 19.4. The van der Waals surface area contributed by atoms with Crippen molar-refractivity contribution < 1.29 is 22.6 Å². The molecule has 0 bridgehead atoms. The summed E-state index contributed by atoms with van der Waals surface area (Å²) in [4.78, 5) is 4.12. The Bertz CT molecular complexity index is 602. The minimum Gasteiger partial charge on any atom is -0.381 e. The fourth-order valence-electron chi connectivity index (χ4n) is 2.81. The van der Waals surface area contributed by atoms with Crippen molar-refractivity contribution in [3.05, 3.63) is 35.4 Å². The third-order valence-electron chi connectivity index (χ3n) is 4.43. The largest absolute Gasteiger partial charge is 0.416 e.